The largest absolute Gasteiger partial charge is 0.503 e. The molecule has 0 amide bonds. The fourth-order valence-electron chi connectivity index (χ4n) is 4.52. The summed E-state index contributed by atoms with van der Waals surface area (Å²) in [5.74, 6) is 0.323. The molecule has 0 aliphatic heterocycles. The van der Waals surface area contributed by atoms with E-state index in [1.165, 1.54) is 7.11 Å². The molecule has 0 radical (unpaired) electrons. The highest BCUT2D eigenvalue weighted by molar-refractivity contribution is 6.08. The van der Waals surface area contributed by atoms with E-state index in [1.54, 1.807) is 18.3 Å². The van der Waals surface area contributed by atoms with Crippen LogP contribution in [0.5, 0.6) is 11.5 Å². The number of ketones is 1. The monoisotopic (exact) mass is 448 g/mol. The molecular formula is C26H32N4O3. The Morgan fingerprint density at radius 2 is 1.94 bits per heavy atom. The molecule has 0 spiro atoms. The summed E-state index contributed by atoms with van der Waals surface area (Å²) in [6.45, 7) is 2.00. The van der Waals surface area contributed by atoms with Crippen molar-refractivity contribution < 1.29 is 14.6 Å². The number of methoxy groups -OCH3 is 1. The first-order chi connectivity index (χ1) is 15.9. The Morgan fingerprint density at radius 3 is 2.64 bits per heavy atom. The standard InChI is InChI=1S/C26H32N4O3/c1-3-4-23(31)20-14-29-22-10-5-15(16-12-21(28)26(32)24(13-16)33-2)11-19(22)25(20)30-18-8-6-17(27)7-9-18/h5,10-14,17-18,32H,3-4,6-9,27-28H2,1-2H3,(H,29,30). The van der Waals surface area contributed by atoms with Crippen LogP contribution in [0.25, 0.3) is 22.0 Å². The molecule has 0 saturated heterocycles. The Morgan fingerprint density at radius 1 is 1.18 bits per heavy atom. The number of fused-ring (bicyclic) bond motifs is 1. The van der Waals surface area contributed by atoms with Gasteiger partial charge in [-0.3, -0.25) is 9.78 Å². The van der Waals surface area contributed by atoms with Gasteiger partial charge in [-0.15, -0.1) is 0 Å². The lowest BCUT2D eigenvalue weighted by Gasteiger charge is -2.29. The average molecular weight is 449 g/mol. The second kappa shape index (κ2) is 9.67. The third-order valence-corrected chi connectivity index (χ3v) is 6.42. The number of phenolic OH excluding ortho intramolecular Hbond substituents is 1. The number of anilines is 2. The second-order valence-corrected chi connectivity index (χ2v) is 8.82. The molecule has 33 heavy (non-hydrogen) atoms. The summed E-state index contributed by atoms with van der Waals surface area (Å²) >= 11 is 0. The first-order valence-corrected chi connectivity index (χ1v) is 11.6. The minimum Gasteiger partial charge on any atom is -0.503 e. The minimum atomic E-state index is -0.0750. The molecule has 3 aromatic rings. The number of phenols is 1. The highest BCUT2D eigenvalue weighted by atomic mass is 16.5. The Labute approximate surface area is 194 Å². The summed E-state index contributed by atoms with van der Waals surface area (Å²) in [4.78, 5) is 17.5. The third-order valence-electron chi connectivity index (χ3n) is 6.42. The van der Waals surface area contributed by atoms with Gasteiger partial charge in [0.2, 0.25) is 0 Å². The van der Waals surface area contributed by atoms with E-state index < -0.39 is 0 Å². The summed E-state index contributed by atoms with van der Waals surface area (Å²) < 4.78 is 5.28. The van der Waals surface area contributed by atoms with Crippen LogP contribution in [0, 0.1) is 0 Å². The predicted octanol–water partition coefficient (Wildman–Crippen LogP) is 4.86. The van der Waals surface area contributed by atoms with Gasteiger partial charge >= 0.3 is 0 Å². The summed E-state index contributed by atoms with van der Waals surface area (Å²) in [7, 11) is 1.49. The molecule has 0 atom stereocenters. The van der Waals surface area contributed by atoms with Crippen molar-refractivity contribution in [2.75, 3.05) is 18.2 Å². The van der Waals surface area contributed by atoms with Crippen LogP contribution in [-0.2, 0) is 0 Å². The molecule has 7 heteroatoms. The van der Waals surface area contributed by atoms with E-state index in [-0.39, 0.29) is 29.3 Å². The lowest BCUT2D eigenvalue weighted by Crippen LogP contribution is -2.33. The Balaban J connectivity index is 1.83. The molecule has 1 aliphatic carbocycles. The topological polar surface area (TPSA) is 123 Å². The van der Waals surface area contributed by atoms with E-state index in [2.05, 4.69) is 10.3 Å². The number of carbonyl (C=O) groups excluding carboxylic acids is 1. The van der Waals surface area contributed by atoms with Crippen LogP contribution in [0.1, 0.15) is 55.8 Å². The van der Waals surface area contributed by atoms with E-state index in [1.807, 2.05) is 25.1 Å². The quantitative estimate of drug-likeness (QED) is 0.231. The molecule has 4 rings (SSSR count). The maximum atomic E-state index is 13.0. The average Bonchev–Trinajstić information content (AvgIpc) is 2.82. The van der Waals surface area contributed by atoms with Crippen molar-refractivity contribution in [2.24, 2.45) is 5.73 Å². The second-order valence-electron chi connectivity index (χ2n) is 8.82. The SMILES string of the molecule is CCCC(=O)c1cnc2ccc(-c3cc(N)c(O)c(OC)c3)cc2c1NC1CCC(N)CC1. The normalized spacial score (nSPS) is 18.3. The number of aromatic nitrogens is 1. The van der Waals surface area contributed by atoms with E-state index in [0.717, 1.165) is 59.8 Å². The first-order valence-electron chi connectivity index (χ1n) is 11.6. The number of nitrogens with zero attached hydrogens (tertiary/aromatic N) is 1. The smallest absolute Gasteiger partial charge is 0.181 e. The molecule has 1 aromatic heterocycles. The number of hydrogen-bond donors (Lipinski definition) is 4. The number of carbonyl (C=O) groups is 1. The maximum Gasteiger partial charge on any atom is 0.181 e. The summed E-state index contributed by atoms with van der Waals surface area (Å²) in [5, 5.41) is 14.7. The summed E-state index contributed by atoms with van der Waals surface area (Å²) in [6, 6.07) is 9.90. The Bertz CT molecular complexity index is 1170. The molecule has 2 aromatic carbocycles. The van der Waals surface area contributed by atoms with Crippen molar-refractivity contribution in [3.8, 4) is 22.6 Å². The zero-order valence-electron chi connectivity index (χ0n) is 19.2. The summed E-state index contributed by atoms with van der Waals surface area (Å²) in [5.41, 5.74) is 16.3. The van der Waals surface area contributed by atoms with Crippen LogP contribution >= 0.6 is 0 Å². The number of benzene rings is 2. The van der Waals surface area contributed by atoms with Crippen molar-refractivity contribution in [1.29, 1.82) is 0 Å². The third kappa shape index (κ3) is 4.73. The minimum absolute atomic E-state index is 0.0750. The molecular weight excluding hydrogens is 416 g/mol. The first kappa shape index (κ1) is 22.9. The number of aromatic hydroxyl groups is 1. The number of pyridine rings is 1. The number of Topliss-reactive ketones (excluding diaryl/α,β-unsaturated/α-hetero) is 1. The molecule has 1 fully saturated rings. The van der Waals surface area contributed by atoms with Crippen molar-refractivity contribution in [3.63, 3.8) is 0 Å². The van der Waals surface area contributed by atoms with Gasteiger partial charge in [0.25, 0.3) is 0 Å². The van der Waals surface area contributed by atoms with Crippen LogP contribution in [0.4, 0.5) is 11.4 Å². The van der Waals surface area contributed by atoms with Crippen LogP contribution in [0.15, 0.2) is 36.5 Å². The fourth-order valence-corrected chi connectivity index (χ4v) is 4.52. The molecule has 0 unspecified atom stereocenters. The van der Waals surface area contributed by atoms with Gasteiger partial charge in [-0.2, -0.15) is 0 Å². The molecule has 1 aliphatic rings. The molecule has 174 valence electrons. The molecule has 1 heterocycles. The lowest BCUT2D eigenvalue weighted by molar-refractivity contribution is 0.0982. The zero-order valence-corrected chi connectivity index (χ0v) is 19.2. The predicted molar refractivity (Wildman–Crippen MR) is 133 cm³/mol. The fraction of sp³-hybridized carbons (Fsp3) is 0.385. The number of nitrogens with two attached hydrogens (primary N) is 2. The number of ether oxygens (including phenoxy) is 1. The van der Waals surface area contributed by atoms with Gasteiger partial charge in [-0.1, -0.05) is 13.0 Å². The van der Waals surface area contributed by atoms with Gasteiger partial charge in [0.05, 0.1) is 29.6 Å². The van der Waals surface area contributed by atoms with Crippen LogP contribution < -0.4 is 21.5 Å². The highest BCUT2D eigenvalue weighted by Crippen LogP contribution is 2.39. The van der Waals surface area contributed by atoms with Crippen LogP contribution in [0.2, 0.25) is 0 Å². The number of nitrogens with one attached hydrogen (secondary N) is 1. The van der Waals surface area contributed by atoms with Gasteiger partial charge in [0.1, 0.15) is 0 Å². The van der Waals surface area contributed by atoms with Gasteiger partial charge in [0, 0.05) is 30.1 Å². The molecule has 6 N–H and O–H groups in total. The van der Waals surface area contributed by atoms with Crippen molar-refractivity contribution in [3.05, 3.63) is 42.1 Å². The van der Waals surface area contributed by atoms with Gasteiger partial charge in [-0.25, -0.2) is 0 Å². The van der Waals surface area contributed by atoms with E-state index >= 15 is 0 Å². The summed E-state index contributed by atoms with van der Waals surface area (Å²) in [6.07, 6.45) is 6.82. The number of rotatable bonds is 7. The lowest BCUT2D eigenvalue weighted by atomic mass is 9.91. The van der Waals surface area contributed by atoms with Crippen LogP contribution in [0.3, 0.4) is 0 Å². The zero-order chi connectivity index (χ0) is 23.5. The number of hydrogen-bond acceptors (Lipinski definition) is 7. The van der Waals surface area contributed by atoms with Gasteiger partial charge < -0.3 is 26.6 Å². The van der Waals surface area contributed by atoms with E-state index in [9.17, 15) is 9.90 Å². The van der Waals surface area contributed by atoms with Crippen molar-refractivity contribution in [1.82, 2.24) is 4.98 Å². The highest BCUT2D eigenvalue weighted by Gasteiger charge is 2.22. The number of nitrogen functional groups attached to an aromatic ring is 1. The maximum absolute atomic E-state index is 13.0. The Kier molecular flexibility index (Phi) is 6.70. The van der Waals surface area contributed by atoms with E-state index in [0.29, 0.717) is 17.7 Å². The molecule has 7 nitrogen and oxygen atoms in total. The van der Waals surface area contributed by atoms with E-state index in [4.69, 9.17) is 16.2 Å². The molecule has 1 saturated carbocycles. The molecule has 0 bridgehead atoms. The van der Waals surface area contributed by atoms with Crippen molar-refractivity contribution >= 4 is 28.1 Å². The van der Waals surface area contributed by atoms with Gasteiger partial charge in [0.15, 0.2) is 17.3 Å². The van der Waals surface area contributed by atoms with Gasteiger partial charge in [-0.05, 0) is 67.5 Å². The van der Waals surface area contributed by atoms with Crippen molar-refractivity contribution in [2.45, 2.75) is 57.5 Å². The van der Waals surface area contributed by atoms with Crippen LogP contribution in [-0.4, -0.2) is 35.1 Å². The Hall–Kier alpha value is -3.32.